The number of nitrogens with zero attached hydrogens (tertiary/aromatic N) is 2. The molecule has 0 unspecified atom stereocenters. The highest BCUT2D eigenvalue weighted by atomic mass is 79.9. The molecular weight excluding hydrogens is 287 g/mol. The first-order valence-electron chi connectivity index (χ1n) is 4.90. The second-order valence-corrected chi connectivity index (χ2v) is 4.32. The highest BCUT2D eigenvalue weighted by Gasteiger charge is 2.10. The molecule has 86 valence electrons. The van der Waals surface area contributed by atoms with Crippen LogP contribution < -0.4 is 0 Å². The van der Waals surface area contributed by atoms with Crippen LogP contribution in [0.1, 0.15) is 15.9 Å². The molecule has 0 atom stereocenters. The van der Waals surface area contributed by atoms with Gasteiger partial charge in [-0.25, -0.2) is 4.39 Å². The minimum atomic E-state index is -0.335. The first-order valence-corrected chi connectivity index (χ1v) is 5.70. The van der Waals surface area contributed by atoms with E-state index in [1.54, 1.807) is 12.1 Å². The van der Waals surface area contributed by atoms with E-state index in [0.717, 1.165) is 5.56 Å². The van der Waals surface area contributed by atoms with Gasteiger partial charge in [-0.1, -0.05) is 22.0 Å². The van der Waals surface area contributed by atoms with Gasteiger partial charge in [0.1, 0.15) is 5.82 Å². The Labute approximate surface area is 106 Å². The van der Waals surface area contributed by atoms with Crippen LogP contribution in [-0.4, -0.2) is 16.0 Å². The molecule has 2 rings (SSSR count). The Bertz CT molecular complexity index is 545. The second kappa shape index (κ2) is 5.14. The number of rotatable bonds is 3. The van der Waals surface area contributed by atoms with Gasteiger partial charge < -0.3 is 0 Å². The fourth-order valence-corrected chi connectivity index (χ4v) is 1.89. The molecule has 1 aromatic heterocycles. The average Bonchev–Trinajstić information content (AvgIpc) is 2.34. The van der Waals surface area contributed by atoms with E-state index in [1.807, 2.05) is 0 Å². The molecule has 0 radical (unpaired) electrons. The molecule has 1 heterocycles. The van der Waals surface area contributed by atoms with Gasteiger partial charge >= 0.3 is 0 Å². The van der Waals surface area contributed by atoms with Crippen LogP contribution in [-0.2, 0) is 6.42 Å². The van der Waals surface area contributed by atoms with Crippen LogP contribution in [0.3, 0.4) is 0 Å². The lowest BCUT2D eigenvalue weighted by atomic mass is 10.1. The zero-order chi connectivity index (χ0) is 12.3. The van der Waals surface area contributed by atoms with Crippen molar-refractivity contribution in [3.8, 4) is 0 Å². The summed E-state index contributed by atoms with van der Waals surface area (Å²) in [5, 5.41) is 7.24. The standard InChI is InChI=1S/C12H8BrFN2O/c13-11-6-10(14)2-1-8(11)5-12(17)9-3-4-15-16-7-9/h1-4,6-7H,5H2. The maximum atomic E-state index is 12.9. The summed E-state index contributed by atoms with van der Waals surface area (Å²) in [6, 6.07) is 5.87. The maximum Gasteiger partial charge on any atom is 0.168 e. The third-order valence-electron chi connectivity index (χ3n) is 2.27. The van der Waals surface area contributed by atoms with Gasteiger partial charge in [0.2, 0.25) is 0 Å². The van der Waals surface area contributed by atoms with Crippen molar-refractivity contribution < 1.29 is 9.18 Å². The van der Waals surface area contributed by atoms with Crippen LogP contribution in [0.25, 0.3) is 0 Å². The van der Waals surface area contributed by atoms with E-state index < -0.39 is 0 Å². The van der Waals surface area contributed by atoms with E-state index in [0.29, 0.717) is 10.0 Å². The molecule has 0 fully saturated rings. The lowest BCUT2D eigenvalue weighted by Crippen LogP contribution is -2.05. The summed E-state index contributed by atoms with van der Waals surface area (Å²) in [7, 11) is 0. The van der Waals surface area contributed by atoms with Crippen molar-refractivity contribution in [1.29, 1.82) is 0 Å². The third-order valence-corrected chi connectivity index (χ3v) is 3.01. The van der Waals surface area contributed by atoms with Gasteiger partial charge in [0, 0.05) is 16.5 Å². The van der Waals surface area contributed by atoms with Crippen LogP contribution in [0.2, 0.25) is 0 Å². The van der Waals surface area contributed by atoms with Crippen molar-refractivity contribution in [2.75, 3.05) is 0 Å². The first-order chi connectivity index (χ1) is 8.16. The van der Waals surface area contributed by atoms with Gasteiger partial charge in [0.05, 0.1) is 12.4 Å². The molecule has 3 nitrogen and oxygen atoms in total. The van der Waals surface area contributed by atoms with Crippen LogP contribution in [0.4, 0.5) is 4.39 Å². The first kappa shape index (κ1) is 11.9. The molecule has 0 aliphatic heterocycles. The van der Waals surface area contributed by atoms with Crippen molar-refractivity contribution in [2.24, 2.45) is 0 Å². The van der Waals surface area contributed by atoms with Crippen LogP contribution in [0, 0.1) is 5.82 Å². The second-order valence-electron chi connectivity index (χ2n) is 3.47. The Morgan fingerprint density at radius 2 is 2.12 bits per heavy atom. The molecule has 0 bridgehead atoms. The molecule has 0 aliphatic rings. The largest absolute Gasteiger partial charge is 0.294 e. The molecule has 0 saturated carbocycles. The predicted molar refractivity (Wildman–Crippen MR) is 64.2 cm³/mol. The van der Waals surface area contributed by atoms with Gasteiger partial charge in [-0.2, -0.15) is 10.2 Å². The number of benzene rings is 1. The van der Waals surface area contributed by atoms with E-state index in [4.69, 9.17) is 0 Å². The molecule has 0 saturated heterocycles. The van der Waals surface area contributed by atoms with Crippen molar-refractivity contribution in [3.63, 3.8) is 0 Å². The Morgan fingerprint density at radius 1 is 1.29 bits per heavy atom. The number of hydrogen-bond donors (Lipinski definition) is 0. The fourth-order valence-electron chi connectivity index (χ4n) is 1.40. The van der Waals surface area contributed by atoms with E-state index in [9.17, 15) is 9.18 Å². The fraction of sp³-hybridized carbons (Fsp3) is 0.0833. The number of aromatic nitrogens is 2. The lowest BCUT2D eigenvalue weighted by Gasteiger charge is -2.03. The van der Waals surface area contributed by atoms with Crippen LogP contribution in [0.5, 0.6) is 0 Å². The summed E-state index contributed by atoms with van der Waals surface area (Å²) in [5.74, 6) is -0.411. The Kier molecular flexibility index (Phi) is 3.58. The number of halogens is 2. The number of Topliss-reactive ketones (excluding diaryl/α,β-unsaturated/α-hetero) is 1. The molecular formula is C12H8BrFN2O. The summed E-state index contributed by atoms with van der Waals surface area (Å²) < 4.78 is 13.5. The number of carbonyl (C=O) groups is 1. The summed E-state index contributed by atoms with van der Waals surface area (Å²) in [6.07, 6.45) is 3.08. The summed E-state index contributed by atoms with van der Waals surface area (Å²) in [4.78, 5) is 11.9. The summed E-state index contributed by atoms with van der Waals surface area (Å²) >= 11 is 3.23. The Balaban J connectivity index is 2.19. The number of carbonyl (C=O) groups excluding carboxylic acids is 1. The smallest absolute Gasteiger partial charge is 0.168 e. The van der Waals surface area contributed by atoms with Crippen molar-refractivity contribution in [2.45, 2.75) is 6.42 Å². The van der Waals surface area contributed by atoms with E-state index >= 15 is 0 Å². The normalized spacial score (nSPS) is 10.2. The van der Waals surface area contributed by atoms with Gasteiger partial charge in [-0.05, 0) is 23.8 Å². The van der Waals surface area contributed by atoms with E-state index in [1.165, 1.54) is 24.5 Å². The molecule has 0 spiro atoms. The maximum absolute atomic E-state index is 12.9. The van der Waals surface area contributed by atoms with Crippen molar-refractivity contribution in [3.05, 3.63) is 58.1 Å². The van der Waals surface area contributed by atoms with Crippen LogP contribution in [0.15, 0.2) is 41.1 Å². The van der Waals surface area contributed by atoms with Gasteiger partial charge in [-0.15, -0.1) is 0 Å². The van der Waals surface area contributed by atoms with E-state index in [-0.39, 0.29) is 18.0 Å². The van der Waals surface area contributed by atoms with Crippen molar-refractivity contribution in [1.82, 2.24) is 10.2 Å². The molecule has 0 amide bonds. The van der Waals surface area contributed by atoms with Crippen molar-refractivity contribution >= 4 is 21.7 Å². The van der Waals surface area contributed by atoms with Crippen LogP contribution >= 0.6 is 15.9 Å². The quantitative estimate of drug-likeness (QED) is 0.818. The molecule has 0 N–H and O–H groups in total. The monoisotopic (exact) mass is 294 g/mol. The molecule has 5 heteroatoms. The van der Waals surface area contributed by atoms with Gasteiger partial charge in [0.15, 0.2) is 5.78 Å². The molecule has 1 aromatic carbocycles. The summed E-state index contributed by atoms with van der Waals surface area (Å²) in [6.45, 7) is 0. The minimum absolute atomic E-state index is 0.0767. The lowest BCUT2D eigenvalue weighted by molar-refractivity contribution is 0.0992. The Morgan fingerprint density at radius 3 is 2.76 bits per heavy atom. The topological polar surface area (TPSA) is 42.9 Å². The average molecular weight is 295 g/mol. The Hall–Kier alpha value is -1.62. The zero-order valence-electron chi connectivity index (χ0n) is 8.73. The van der Waals surface area contributed by atoms with E-state index in [2.05, 4.69) is 26.1 Å². The summed E-state index contributed by atoms with van der Waals surface area (Å²) in [5.41, 5.74) is 1.24. The van der Waals surface area contributed by atoms with Gasteiger partial charge in [0.25, 0.3) is 0 Å². The third kappa shape index (κ3) is 2.94. The van der Waals surface area contributed by atoms with Gasteiger partial charge in [-0.3, -0.25) is 4.79 Å². The molecule has 2 aromatic rings. The predicted octanol–water partition coefficient (Wildman–Crippen LogP) is 2.80. The highest BCUT2D eigenvalue weighted by Crippen LogP contribution is 2.19. The molecule has 0 aliphatic carbocycles. The highest BCUT2D eigenvalue weighted by molar-refractivity contribution is 9.10. The SMILES string of the molecule is O=C(Cc1ccc(F)cc1Br)c1ccnnc1. The minimum Gasteiger partial charge on any atom is -0.294 e. The zero-order valence-corrected chi connectivity index (χ0v) is 10.3. The number of ketones is 1. The number of hydrogen-bond acceptors (Lipinski definition) is 3. The molecule has 17 heavy (non-hydrogen) atoms.